The molecule has 0 aliphatic rings. The van der Waals surface area contributed by atoms with Crippen LogP contribution in [0.1, 0.15) is 19.1 Å². The number of carbonyl (C=O) groups excluding carboxylic acids is 1. The van der Waals surface area contributed by atoms with Gasteiger partial charge in [-0.25, -0.2) is 0 Å². The molecule has 0 aliphatic carbocycles. The zero-order valence-electron chi connectivity index (χ0n) is 8.16. The Kier molecular flexibility index (Phi) is 4.71. The molecule has 0 aromatic carbocycles. The van der Waals surface area contributed by atoms with Crippen LogP contribution in [0.15, 0.2) is 16.8 Å². The van der Waals surface area contributed by atoms with Crippen LogP contribution in [0.2, 0.25) is 0 Å². The highest BCUT2D eigenvalue weighted by molar-refractivity contribution is 5.69. The van der Waals surface area contributed by atoms with Crippen molar-refractivity contribution in [1.29, 1.82) is 0 Å². The lowest BCUT2D eigenvalue weighted by Crippen LogP contribution is -2.18. The summed E-state index contributed by atoms with van der Waals surface area (Å²) in [4.78, 5) is 10.9. The molecule has 0 fully saturated rings. The van der Waals surface area contributed by atoms with Gasteiger partial charge in [-0.15, -0.1) is 0 Å². The van der Waals surface area contributed by atoms with Gasteiger partial charge in [0.2, 0.25) is 0 Å². The second kappa shape index (κ2) is 6.15. The number of aromatic nitrogens is 1. The predicted molar refractivity (Wildman–Crippen MR) is 49.5 cm³/mol. The fraction of sp³-hybridized carbons (Fsp3) is 0.556. The lowest BCUT2D eigenvalue weighted by atomic mass is 10.4. The zero-order chi connectivity index (χ0) is 10.2. The molecular weight excluding hydrogens is 184 g/mol. The Morgan fingerprint density at radius 3 is 3.21 bits per heavy atom. The lowest BCUT2D eigenvalue weighted by molar-refractivity contribution is -0.142. The maximum atomic E-state index is 10.9. The van der Waals surface area contributed by atoms with E-state index in [1.54, 1.807) is 19.2 Å². The predicted octanol–water partition coefficient (Wildman–Crippen LogP) is 0.717. The van der Waals surface area contributed by atoms with Crippen molar-refractivity contribution in [3.05, 3.63) is 18.0 Å². The van der Waals surface area contributed by atoms with E-state index in [1.807, 2.05) is 0 Å². The topological polar surface area (TPSA) is 64.4 Å². The average molecular weight is 198 g/mol. The SMILES string of the molecule is CCOC(=O)CCNCc1ccno1. The maximum Gasteiger partial charge on any atom is 0.307 e. The molecule has 0 bridgehead atoms. The van der Waals surface area contributed by atoms with Gasteiger partial charge in [-0.05, 0) is 6.92 Å². The Balaban J connectivity index is 2.02. The summed E-state index contributed by atoms with van der Waals surface area (Å²) in [5.74, 6) is 0.575. The molecule has 0 unspecified atom stereocenters. The Bertz CT molecular complexity index is 259. The van der Waals surface area contributed by atoms with E-state index >= 15 is 0 Å². The van der Waals surface area contributed by atoms with E-state index in [0.29, 0.717) is 26.1 Å². The third-order valence-electron chi connectivity index (χ3n) is 1.60. The van der Waals surface area contributed by atoms with E-state index < -0.39 is 0 Å². The van der Waals surface area contributed by atoms with Gasteiger partial charge in [0.25, 0.3) is 0 Å². The Hall–Kier alpha value is -1.36. The number of ether oxygens (including phenoxy) is 1. The zero-order valence-corrected chi connectivity index (χ0v) is 8.16. The molecule has 5 nitrogen and oxygen atoms in total. The Labute approximate surface area is 82.4 Å². The van der Waals surface area contributed by atoms with Gasteiger partial charge in [-0.1, -0.05) is 5.16 Å². The molecule has 1 aromatic heterocycles. The molecule has 0 spiro atoms. The summed E-state index contributed by atoms with van der Waals surface area (Å²) in [7, 11) is 0. The first kappa shape index (κ1) is 10.7. The Morgan fingerprint density at radius 2 is 2.57 bits per heavy atom. The first-order valence-corrected chi connectivity index (χ1v) is 4.59. The van der Waals surface area contributed by atoms with Gasteiger partial charge in [-0.2, -0.15) is 0 Å². The molecular formula is C9H14N2O3. The molecule has 0 radical (unpaired) electrons. The average Bonchev–Trinajstić information content (AvgIpc) is 2.65. The van der Waals surface area contributed by atoms with E-state index in [4.69, 9.17) is 9.26 Å². The second-order valence-corrected chi connectivity index (χ2v) is 2.71. The number of nitrogens with zero attached hydrogens (tertiary/aromatic N) is 1. The van der Waals surface area contributed by atoms with E-state index in [1.165, 1.54) is 0 Å². The Morgan fingerprint density at radius 1 is 1.71 bits per heavy atom. The number of rotatable bonds is 6. The van der Waals surface area contributed by atoms with Gasteiger partial charge in [0.1, 0.15) is 5.76 Å². The van der Waals surface area contributed by atoms with Gasteiger partial charge < -0.3 is 14.6 Å². The minimum absolute atomic E-state index is 0.183. The van der Waals surface area contributed by atoms with Crippen molar-refractivity contribution in [1.82, 2.24) is 10.5 Å². The maximum absolute atomic E-state index is 10.9. The number of hydrogen-bond acceptors (Lipinski definition) is 5. The van der Waals surface area contributed by atoms with Crippen LogP contribution in [0.5, 0.6) is 0 Å². The summed E-state index contributed by atoms with van der Waals surface area (Å²) in [5, 5.41) is 6.60. The summed E-state index contributed by atoms with van der Waals surface area (Å²) in [6.45, 7) is 3.39. The van der Waals surface area contributed by atoms with Crippen molar-refractivity contribution >= 4 is 5.97 Å². The van der Waals surface area contributed by atoms with Crippen LogP contribution in [0, 0.1) is 0 Å². The van der Waals surface area contributed by atoms with Crippen LogP contribution < -0.4 is 5.32 Å². The smallest absolute Gasteiger partial charge is 0.307 e. The number of carbonyl (C=O) groups is 1. The van der Waals surface area contributed by atoms with Gasteiger partial charge in [0.15, 0.2) is 0 Å². The van der Waals surface area contributed by atoms with Crippen molar-refractivity contribution in [2.45, 2.75) is 19.9 Å². The van der Waals surface area contributed by atoms with Crippen LogP contribution >= 0.6 is 0 Å². The van der Waals surface area contributed by atoms with Crippen LogP contribution in [0.25, 0.3) is 0 Å². The third kappa shape index (κ3) is 4.04. The summed E-state index contributed by atoms with van der Waals surface area (Å²) in [5.41, 5.74) is 0. The van der Waals surface area contributed by atoms with Crippen molar-refractivity contribution in [2.75, 3.05) is 13.2 Å². The normalized spacial score (nSPS) is 10.1. The van der Waals surface area contributed by atoms with Crippen LogP contribution in [0.3, 0.4) is 0 Å². The van der Waals surface area contributed by atoms with Crippen molar-refractivity contribution < 1.29 is 14.1 Å². The number of nitrogens with one attached hydrogen (secondary N) is 1. The first-order valence-electron chi connectivity index (χ1n) is 4.59. The molecule has 1 heterocycles. The monoisotopic (exact) mass is 198 g/mol. The summed E-state index contributed by atoms with van der Waals surface area (Å²) < 4.78 is 9.62. The van der Waals surface area contributed by atoms with Gasteiger partial charge >= 0.3 is 5.97 Å². The molecule has 0 amide bonds. The molecule has 1 N–H and O–H groups in total. The fourth-order valence-electron chi connectivity index (χ4n) is 0.969. The second-order valence-electron chi connectivity index (χ2n) is 2.71. The van der Waals surface area contributed by atoms with E-state index in [-0.39, 0.29) is 5.97 Å². The summed E-state index contributed by atoms with van der Waals surface area (Å²) >= 11 is 0. The number of esters is 1. The highest BCUT2D eigenvalue weighted by Crippen LogP contribution is 1.94. The van der Waals surface area contributed by atoms with E-state index in [0.717, 1.165) is 5.76 Å². The minimum atomic E-state index is -0.183. The molecule has 0 saturated carbocycles. The molecule has 1 rings (SSSR count). The van der Waals surface area contributed by atoms with E-state index in [2.05, 4.69) is 10.5 Å². The molecule has 14 heavy (non-hydrogen) atoms. The van der Waals surface area contributed by atoms with Crippen molar-refractivity contribution in [2.24, 2.45) is 0 Å². The quantitative estimate of drug-likeness (QED) is 0.539. The molecule has 0 aliphatic heterocycles. The van der Waals surface area contributed by atoms with E-state index in [9.17, 15) is 4.79 Å². The van der Waals surface area contributed by atoms with Gasteiger partial charge in [0.05, 0.1) is 25.8 Å². The minimum Gasteiger partial charge on any atom is -0.466 e. The highest BCUT2D eigenvalue weighted by Gasteiger charge is 2.01. The standard InChI is InChI=1S/C9H14N2O3/c1-2-13-9(12)4-5-10-7-8-3-6-11-14-8/h3,6,10H,2,4-5,7H2,1H3. The lowest BCUT2D eigenvalue weighted by Gasteiger charge is -2.02. The van der Waals surface area contributed by atoms with Crippen molar-refractivity contribution in [3.63, 3.8) is 0 Å². The summed E-state index contributed by atoms with van der Waals surface area (Å²) in [6, 6.07) is 1.78. The summed E-state index contributed by atoms with van der Waals surface area (Å²) in [6.07, 6.45) is 1.96. The highest BCUT2D eigenvalue weighted by atomic mass is 16.5. The first-order chi connectivity index (χ1) is 6.83. The van der Waals surface area contributed by atoms with Gasteiger partial charge in [0, 0.05) is 12.6 Å². The van der Waals surface area contributed by atoms with Crippen LogP contribution in [0.4, 0.5) is 0 Å². The molecule has 5 heteroatoms. The molecule has 1 aromatic rings. The third-order valence-corrected chi connectivity index (χ3v) is 1.60. The molecule has 0 atom stereocenters. The van der Waals surface area contributed by atoms with Crippen LogP contribution in [-0.4, -0.2) is 24.3 Å². The van der Waals surface area contributed by atoms with Crippen molar-refractivity contribution in [3.8, 4) is 0 Å². The molecule has 0 saturated heterocycles. The largest absolute Gasteiger partial charge is 0.466 e. The van der Waals surface area contributed by atoms with Gasteiger partial charge in [-0.3, -0.25) is 4.79 Å². The fourth-order valence-corrected chi connectivity index (χ4v) is 0.969. The molecule has 78 valence electrons. The number of hydrogen-bond donors (Lipinski definition) is 1. The van der Waals surface area contributed by atoms with Crippen LogP contribution in [-0.2, 0) is 16.1 Å².